The summed E-state index contributed by atoms with van der Waals surface area (Å²) in [7, 11) is 0. The minimum absolute atomic E-state index is 0.211. The Morgan fingerprint density at radius 1 is 0.431 bits per heavy atom. The first-order chi connectivity index (χ1) is 25.2. The number of aromatic nitrogens is 1. The van der Waals surface area contributed by atoms with Gasteiger partial charge in [-0.2, -0.15) is 0 Å². The summed E-state index contributed by atoms with van der Waals surface area (Å²) in [5.74, 6) is 3.50. The highest BCUT2D eigenvalue weighted by Gasteiger charge is 2.61. The standard InChI is InChI=1S/C50H39N/c1-2-9-33(10-3-1)35-12-8-13-40(28-35)51-47-21-19-37(30-44(47)49-41-14-5-4-11-34(41)18-22-48(49)51)36-17-20-46-43(29-36)42-15-6-7-16-45(42)50(46)38-24-31-23-32(26-38)27-39(50)25-31/h1-22,28-32,38-39H,23-27H2. The molecule has 4 bridgehead atoms. The zero-order valence-corrected chi connectivity index (χ0v) is 28.7. The monoisotopic (exact) mass is 653 g/mol. The van der Waals surface area contributed by atoms with E-state index >= 15 is 0 Å². The molecule has 0 aliphatic heterocycles. The van der Waals surface area contributed by atoms with Crippen LogP contribution in [-0.4, -0.2) is 4.57 Å². The quantitative estimate of drug-likeness (QED) is 0.179. The molecule has 1 heteroatoms. The Morgan fingerprint density at radius 2 is 1.10 bits per heavy atom. The Labute approximate surface area is 299 Å². The summed E-state index contributed by atoms with van der Waals surface area (Å²) in [6.07, 6.45) is 7.18. The first kappa shape index (κ1) is 28.3. The van der Waals surface area contributed by atoms with E-state index < -0.39 is 0 Å². The second-order valence-corrected chi connectivity index (χ2v) is 16.1. The fourth-order valence-electron chi connectivity index (χ4n) is 12.0. The van der Waals surface area contributed by atoms with Crippen LogP contribution in [0.15, 0.2) is 152 Å². The van der Waals surface area contributed by atoms with Crippen molar-refractivity contribution in [3.05, 3.63) is 163 Å². The van der Waals surface area contributed by atoms with Crippen LogP contribution in [-0.2, 0) is 5.41 Å². The van der Waals surface area contributed by atoms with Gasteiger partial charge in [0.05, 0.1) is 11.0 Å². The van der Waals surface area contributed by atoms with Crippen LogP contribution in [0.3, 0.4) is 0 Å². The van der Waals surface area contributed by atoms with E-state index in [9.17, 15) is 0 Å². The van der Waals surface area contributed by atoms with E-state index in [1.807, 2.05) is 0 Å². The van der Waals surface area contributed by atoms with Gasteiger partial charge in [-0.05, 0) is 147 Å². The summed E-state index contributed by atoms with van der Waals surface area (Å²) >= 11 is 0. The van der Waals surface area contributed by atoms with Crippen molar-refractivity contribution in [2.45, 2.75) is 37.5 Å². The fourth-order valence-corrected chi connectivity index (χ4v) is 12.0. The summed E-state index contributed by atoms with van der Waals surface area (Å²) in [6, 6.07) is 57.5. The Hall–Kier alpha value is -5.40. The van der Waals surface area contributed by atoms with E-state index in [0.29, 0.717) is 0 Å². The molecule has 244 valence electrons. The van der Waals surface area contributed by atoms with Gasteiger partial charge in [-0.15, -0.1) is 0 Å². The molecular formula is C50H39N. The summed E-state index contributed by atoms with van der Waals surface area (Å²) in [4.78, 5) is 0. The first-order valence-corrected chi connectivity index (χ1v) is 19.1. The molecule has 0 atom stereocenters. The van der Waals surface area contributed by atoms with Crippen molar-refractivity contribution in [2.24, 2.45) is 23.7 Å². The molecule has 5 aliphatic rings. The third-order valence-electron chi connectivity index (χ3n) is 13.8. The number of rotatable bonds is 3. The van der Waals surface area contributed by atoms with Crippen LogP contribution in [0.5, 0.6) is 0 Å². The predicted octanol–water partition coefficient (Wildman–Crippen LogP) is 13.0. The number of nitrogens with zero attached hydrogens (tertiary/aromatic N) is 1. The van der Waals surface area contributed by atoms with Gasteiger partial charge >= 0.3 is 0 Å². The number of hydrogen-bond donors (Lipinski definition) is 0. The van der Waals surface area contributed by atoms with Crippen LogP contribution in [0.25, 0.3) is 71.6 Å². The largest absolute Gasteiger partial charge is 0.309 e. The second-order valence-electron chi connectivity index (χ2n) is 16.1. The molecule has 1 heterocycles. The Morgan fingerprint density at radius 3 is 1.96 bits per heavy atom. The zero-order valence-electron chi connectivity index (χ0n) is 28.7. The van der Waals surface area contributed by atoms with Crippen molar-refractivity contribution in [2.75, 3.05) is 0 Å². The molecule has 4 fully saturated rings. The lowest BCUT2D eigenvalue weighted by Crippen LogP contribution is -2.55. The predicted molar refractivity (Wildman–Crippen MR) is 212 cm³/mol. The van der Waals surface area contributed by atoms with Crippen LogP contribution in [0.2, 0.25) is 0 Å². The minimum atomic E-state index is 0.211. The van der Waals surface area contributed by atoms with Crippen LogP contribution in [0.1, 0.15) is 43.2 Å². The van der Waals surface area contributed by atoms with Crippen molar-refractivity contribution in [1.29, 1.82) is 0 Å². The van der Waals surface area contributed by atoms with E-state index in [1.54, 1.807) is 11.1 Å². The third-order valence-corrected chi connectivity index (χ3v) is 13.8. The summed E-state index contributed by atoms with van der Waals surface area (Å²) in [6.45, 7) is 0. The van der Waals surface area contributed by atoms with Gasteiger partial charge in [0, 0.05) is 21.9 Å². The zero-order chi connectivity index (χ0) is 33.3. The van der Waals surface area contributed by atoms with E-state index in [1.165, 1.54) is 104 Å². The van der Waals surface area contributed by atoms with Crippen molar-refractivity contribution >= 4 is 32.6 Å². The average molecular weight is 654 g/mol. The van der Waals surface area contributed by atoms with Gasteiger partial charge in [-0.3, -0.25) is 0 Å². The lowest BCUT2D eigenvalue weighted by molar-refractivity contribution is -0.0399. The van der Waals surface area contributed by atoms with Crippen LogP contribution in [0.4, 0.5) is 0 Å². The molecule has 1 nitrogen and oxygen atoms in total. The lowest BCUT2D eigenvalue weighted by atomic mass is 9.43. The summed E-state index contributed by atoms with van der Waals surface area (Å²) < 4.78 is 2.47. The van der Waals surface area contributed by atoms with Gasteiger partial charge in [-0.1, -0.05) is 115 Å². The van der Waals surface area contributed by atoms with Crippen molar-refractivity contribution in [3.8, 4) is 39.1 Å². The molecule has 5 aliphatic carbocycles. The highest BCUT2D eigenvalue weighted by Crippen LogP contribution is 2.69. The minimum Gasteiger partial charge on any atom is -0.309 e. The number of hydrogen-bond acceptors (Lipinski definition) is 0. The molecule has 1 aromatic heterocycles. The van der Waals surface area contributed by atoms with Gasteiger partial charge in [0.25, 0.3) is 0 Å². The van der Waals surface area contributed by atoms with Gasteiger partial charge in [0.15, 0.2) is 0 Å². The Kier molecular flexibility index (Phi) is 5.73. The lowest BCUT2D eigenvalue weighted by Gasteiger charge is -2.61. The maximum absolute atomic E-state index is 2.56. The maximum Gasteiger partial charge on any atom is 0.0547 e. The van der Waals surface area contributed by atoms with Gasteiger partial charge in [-0.25, -0.2) is 0 Å². The van der Waals surface area contributed by atoms with Gasteiger partial charge < -0.3 is 4.57 Å². The van der Waals surface area contributed by atoms with Gasteiger partial charge in [0.1, 0.15) is 0 Å². The molecule has 7 aromatic carbocycles. The molecule has 51 heavy (non-hydrogen) atoms. The first-order valence-electron chi connectivity index (χ1n) is 19.1. The van der Waals surface area contributed by atoms with Crippen molar-refractivity contribution < 1.29 is 0 Å². The fraction of sp³-hybridized carbons (Fsp3) is 0.200. The molecular weight excluding hydrogens is 615 g/mol. The summed E-state index contributed by atoms with van der Waals surface area (Å²) in [5.41, 5.74) is 15.2. The smallest absolute Gasteiger partial charge is 0.0547 e. The molecule has 0 radical (unpaired) electrons. The Bertz CT molecular complexity index is 2680. The molecule has 8 aromatic rings. The van der Waals surface area contributed by atoms with Gasteiger partial charge in [0.2, 0.25) is 0 Å². The third kappa shape index (κ3) is 3.82. The van der Waals surface area contributed by atoms with Crippen LogP contribution >= 0.6 is 0 Å². The van der Waals surface area contributed by atoms with Crippen molar-refractivity contribution in [3.63, 3.8) is 0 Å². The topological polar surface area (TPSA) is 4.93 Å². The normalized spacial score (nSPS) is 24.2. The molecule has 0 unspecified atom stereocenters. The van der Waals surface area contributed by atoms with Crippen LogP contribution in [0, 0.1) is 23.7 Å². The maximum atomic E-state index is 2.56. The van der Waals surface area contributed by atoms with E-state index in [-0.39, 0.29) is 5.41 Å². The van der Waals surface area contributed by atoms with Crippen LogP contribution < -0.4 is 0 Å². The number of benzene rings is 7. The highest BCUT2D eigenvalue weighted by molar-refractivity contribution is 6.22. The molecule has 1 spiro atoms. The second kappa shape index (κ2) is 10.3. The highest BCUT2D eigenvalue weighted by atomic mass is 15.0. The molecule has 0 saturated heterocycles. The van der Waals surface area contributed by atoms with E-state index in [2.05, 4.69) is 156 Å². The SMILES string of the molecule is c1ccc(-c2cccc(-n3c4ccc(-c5ccc6c(c5)-c5ccccc5C65C6CC7CC(C6)CC5C7)cc4c4c5ccccc5ccc43)c2)cc1. The van der Waals surface area contributed by atoms with E-state index in [0.717, 1.165) is 23.7 Å². The van der Waals surface area contributed by atoms with E-state index in [4.69, 9.17) is 0 Å². The average Bonchev–Trinajstić information content (AvgIpc) is 3.67. The van der Waals surface area contributed by atoms with Crippen molar-refractivity contribution in [1.82, 2.24) is 4.57 Å². The molecule has 4 saturated carbocycles. The molecule has 0 N–H and O–H groups in total. The summed E-state index contributed by atoms with van der Waals surface area (Å²) in [5, 5.41) is 5.22. The molecule has 13 rings (SSSR count). The molecule has 0 amide bonds. The number of fused-ring (bicyclic) bond motifs is 8. The Balaban J connectivity index is 1.06.